The van der Waals surface area contributed by atoms with Crippen LogP contribution in [0.2, 0.25) is 0 Å². The average Bonchev–Trinajstić information content (AvgIpc) is 2.36. The first kappa shape index (κ1) is 13.8. The summed E-state index contributed by atoms with van der Waals surface area (Å²) in [5.41, 5.74) is 5.93. The molecule has 2 aromatic rings. The van der Waals surface area contributed by atoms with Crippen molar-refractivity contribution in [2.45, 2.75) is 19.4 Å². The number of benzene rings is 1. The van der Waals surface area contributed by atoms with E-state index in [2.05, 4.69) is 10.3 Å². The Morgan fingerprint density at radius 2 is 2.10 bits per heavy atom. The number of pyridine rings is 1. The second-order valence-corrected chi connectivity index (χ2v) is 4.59. The Balaban J connectivity index is 2.30. The van der Waals surface area contributed by atoms with Gasteiger partial charge in [0.2, 0.25) is 5.91 Å². The lowest BCUT2D eigenvalue weighted by Crippen LogP contribution is -2.24. The monoisotopic (exact) mass is 273 g/mol. The van der Waals surface area contributed by atoms with Crippen molar-refractivity contribution in [2.24, 2.45) is 5.73 Å². The summed E-state index contributed by atoms with van der Waals surface area (Å²) >= 11 is 0. The number of hydrogen-bond acceptors (Lipinski definition) is 4. The van der Waals surface area contributed by atoms with Gasteiger partial charge in [-0.2, -0.15) is 0 Å². The zero-order valence-electron chi connectivity index (χ0n) is 11.0. The van der Waals surface area contributed by atoms with Gasteiger partial charge in [-0.25, -0.2) is 9.78 Å². The van der Waals surface area contributed by atoms with Crippen molar-refractivity contribution in [2.75, 3.05) is 5.32 Å². The van der Waals surface area contributed by atoms with Crippen LogP contribution in [0.4, 0.5) is 5.82 Å². The second kappa shape index (κ2) is 5.56. The number of rotatable bonds is 5. The van der Waals surface area contributed by atoms with Crippen molar-refractivity contribution >= 4 is 28.6 Å². The van der Waals surface area contributed by atoms with Crippen LogP contribution in [0.15, 0.2) is 30.3 Å². The van der Waals surface area contributed by atoms with Crippen LogP contribution in [0.1, 0.15) is 23.7 Å². The van der Waals surface area contributed by atoms with Gasteiger partial charge in [0.1, 0.15) is 5.82 Å². The molecule has 1 aromatic heterocycles. The molecular weight excluding hydrogens is 258 g/mol. The largest absolute Gasteiger partial charge is 0.478 e. The van der Waals surface area contributed by atoms with Crippen LogP contribution in [0.5, 0.6) is 0 Å². The minimum absolute atomic E-state index is 0.139. The maximum atomic E-state index is 11.1. The molecule has 1 aromatic carbocycles. The minimum atomic E-state index is -0.986. The molecular formula is C14H15N3O3. The summed E-state index contributed by atoms with van der Waals surface area (Å²) in [7, 11) is 0. The van der Waals surface area contributed by atoms with Crippen LogP contribution in [0.25, 0.3) is 10.9 Å². The summed E-state index contributed by atoms with van der Waals surface area (Å²) in [5, 5.41) is 12.7. The van der Waals surface area contributed by atoms with Crippen molar-refractivity contribution < 1.29 is 14.7 Å². The number of carboxylic acid groups (broad SMARTS) is 1. The van der Waals surface area contributed by atoms with Crippen LogP contribution in [-0.2, 0) is 4.79 Å². The molecule has 1 amide bonds. The fourth-order valence-electron chi connectivity index (χ4n) is 2.03. The zero-order valence-corrected chi connectivity index (χ0v) is 11.0. The third kappa shape index (κ3) is 3.03. The van der Waals surface area contributed by atoms with E-state index in [-0.39, 0.29) is 23.9 Å². The van der Waals surface area contributed by atoms with Gasteiger partial charge in [-0.3, -0.25) is 4.79 Å². The maximum absolute atomic E-state index is 11.1. The zero-order chi connectivity index (χ0) is 14.7. The van der Waals surface area contributed by atoms with Crippen LogP contribution in [0, 0.1) is 0 Å². The van der Waals surface area contributed by atoms with E-state index in [9.17, 15) is 9.59 Å². The molecule has 0 radical (unpaired) electrons. The van der Waals surface area contributed by atoms with Crippen molar-refractivity contribution in [3.05, 3.63) is 35.9 Å². The van der Waals surface area contributed by atoms with Gasteiger partial charge in [0, 0.05) is 17.8 Å². The number of anilines is 1. The van der Waals surface area contributed by atoms with E-state index >= 15 is 0 Å². The van der Waals surface area contributed by atoms with E-state index in [0.717, 1.165) is 0 Å². The van der Waals surface area contributed by atoms with E-state index < -0.39 is 5.97 Å². The number of aromatic nitrogens is 1. The first-order chi connectivity index (χ1) is 9.47. The number of carboxylic acids is 1. The third-order valence-electron chi connectivity index (χ3n) is 2.86. The molecule has 6 heteroatoms. The van der Waals surface area contributed by atoms with Crippen LogP contribution < -0.4 is 11.1 Å². The van der Waals surface area contributed by atoms with Gasteiger partial charge < -0.3 is 16.2 Å². The quantitative estimate of drug-likeness (QED) is 0.767. The van der Waals surface area contributed by atoms with E-state index in [1.807, 2.05) is 6.92 Å². The molecule has 0 spiro atoms. The average molecular weight is 273 g/mol. The molecule has 1 atom stereocenters. The summed E-state index contributed by atoms with van der Waals surface area (Å²) in [6, 6.07) is 8.17. The normalized spacial score (nSPS) is 12.1. The molecule has 6 nitrogen and oxygen atoms in total. The molecule has 0 aliphatic rings. The molecule has 20 heavy (non-hydrogen) atoms. The molecule has 4 N–H and O–H groups in total. The van der Waals surface area contributed by atoms with Crippen molar-refractivity contribution in [3.8, 4) is 0 Å². The van der Waals surface area contributed by atoms with Gasteiger partial charge in [-0.15, -0.1) is 0 Å². The van der Waals surface area contributed by atoms with Gasteiger partial charge in [0.05, 0.1) is 11.1 Å². The number of nitrogens with one attached hydrogen (secondary N) is 1. The Labute approximate surface area is 115 Å². The summed E-state index contributed by atoms with van der Waals surface area (Å²) in [4.78, 5) is 26.3. The minimum Gasteiger partial charge on any atom is -0.478 e. The van der Waals surface area contributed by atoms with Crippen LogP contribution in [-0.4, -0.2) is 28.0 Å². The third-order valence-corrected chi connectivity index (χ3v) is 2.86. The van der Waals surface area contributed by atoms with Gasteiger partial charge in [-0.05, 0) is 31.2 Å². The molecule has 0 aliphatic carbocycles. The molecule has 0 saturated heterocycles. The smallest absolute Gasteiger partial charge is 0.336 e. The fraction of sp³-hybridized carbons (Fsp3) is 0.214. The summed E-state index contributed by atoms with van der Waals surface area (Å²) in [6.07, 6.45) is 0.203. The highest BCUT2D eigenvalue weighted by Crippen LogP contribution is 2.20. The number of carbonyl (C=O) groups excluding carboxylic acids is 1. The molecule has 0 aliphatic heterocycles. The Morgan fingerprint density at radius 3 is 2.75 bits per heavy atom. The highest BCUT2D eigenvalue weighted by atomic mass is 16.4. The van der Waals surface area contributed by atoms with E-state index in [1.165, 1.54) is 6.07 Å². The first-order valence-electron chi connectivity index (χ1n) is 6.15. The lowest BCUT2D eigenvalue weighted by molar-refractivity contribution is -0.118. The molecule has 0 fully saturated rings. The Bertz CT molecular complexity index is 670. The standard InChI is InChI=1S/C14H15N3O3/c1-8(7-12(15)18)16-13-6-5-9-10(14(19)20)3-2-4-11(9)17-13/h2-6,8H,7H2,1H3,(H2,15,18)(H,16,17)(H,19,20). The summed E-state index contributed by atoms with van der Waals surface area (Å²) in [5.74, 6) is -0.798. The predicted molar refractivity (Wildman–Crippen MR) is 75.6 cm³/mol. The lowest BCUT2D eigenvalue weighted by Gasteiger charge is -2.13. The number of carbonyl (C=O) groups is 2. The molecule has 104 valence electrons. The number of hydrogen-bond donors (Lipinski definition) is 3. The van der Waals surface area contributed by atoms with Crippen molar-refractivity contribution in [1.82, 2.24) is 4.98 Å². The topological polar surface area (TPSA) is 105 Å². The Morgan fingerprint density at radius 1 is 1.35 bits per heavy atom. The highest BCUT2D eigenvalue weighted by molar-refractivity contribution is 6.02. The van der Waals surface area contributed by atoms with Gasteiger partial charge in [0.25, 0.3) is 0 Å². The van der Waals surface area contributed by atoms with Crippen LogP contribution >= 0.6 is 0 Å². The Kier molecular flexibility index (Phi) is 3.84. The molecule has 0 saturated carbocycles. The highest BCUT2D eigenvalue weighted by Gasteiger charge is 2.10. The molecule has 2 rings (SSSR count). The molecule has 1 heterocycles. The van der Waals surface area contributed by atoms with Gasteiger partial charge >= 0.3 is 5.97 Å². The fourth-order valence-corrected chi connectivity index (χ4v) is 2.03. The number of aromatic carboxylic acids is 1. The first-order valence-corrected chi connectivity index (χ1v) is 6.15. The number of primary amides is 1. The van der Waals surface area contributed by atoms with E-state index in [0.29, 0.717) is 16.7 Å². The molecule has 1 unspecified atom stereocenters. The van der Waals surface area contributed by atoms with Gasteiger partial charge in [0.15, 0.2) is 0 Å². The van der Waals surface area contributed by atoms with Crippen LogP contribution in [0.3, 0.4) is 0 Å². The van der Waals surface area contributed by atoms with E-state index in [4.69, 9.17) is 10.8 Å². The number of amides is 1. The van der Waals surface area contributed by atoms with E-state index in [1.54, 1.807) is 24.3 Å². The number of nitrogens with two attached hydrogens (primary N) is 1. The van der Waals surface area contributed by atoms with Crippen molar-refractivity contribution in [3.63, 3.8) is 0 Å². The Hall–Kier alpha value is -2.63. The summed E-state index contributed by atoms with van der Waals surface area (Å²) < 4.78 is 0. The lowest BCUT2D eigenvalue weighted by atomic mass is 10.1. The maximum Gasteiger partial charge on any atom is 0.336 e. The van der Waals surface area contributed by atoms with Crippen molar-refractivity contribution in [1.29, 1.82) is 0 Å². The SMILES string of the molecule is CC(CC(N)=O)Nc1ccc2c(C(=O)O)cccc2n1. The second-order valence-electron chi connectivity index (χ2n) is 4.59. The predicted octanol–water partition coefficient (Wildman–Crippen LogP) is 1.61. The molecule has 0 bridgehead atoms. The summed E-state index contributed by atoms with van der Waals surface area (Å²) in [6.45, 7) is 1.82. The number of nitrogens with zero attached hydrogens (tertiary/aromatic N) is 1. The van der Waals surface area contributed by atoms with Gasteiger partial charge in [-0.1, -0.05) is 6.07 Å². The number of fused-ring (bicyclic) bond motifs is 1.